The van der Waals surface area contributed by atoms with Crippen LogP contribution in [0.15, 0.2) is 72.8 Å². The van der Waals surface area contributed by atoms with Crippen molar-refractivity contribution < 1.29 is 0 Å². The molecule has 0 saturated heterocycles. The lowest BCUT2D eigenvalue weighted by atomic mass is 10.0. The molecule has 0 amide bonds. The first kappa shape index (κ1) is 15.8. The van der Waals surface area contributed by atoms with Crippen LogP contribution in [0.3, 0.4) is 0 Å². The first-order valence-corrected chi connectivity index (χ1v) is 9.77. The predicted molar refractivity (Wildman–Crippen MR) is 110 cm³/mol. The van der Waals surface area contributed by atoms with E-state index in [1.54, 1.807) is 0 Å². The minimum absolute atomic E-state index is 0.411. The molecule has 120 valence electrons. The van der Waals surface area contributed by atoms with E-state index in [1.165, 1.54) is 31.7 Å². The summed E-state index contributed by atoms with van der Waals surface area (Å²) in [6, 6.07) is 26.0. The van der Waals surface area contributed by atoms with Crippen molar-refractivity contribution in [1.82, 2.24) is 4.90 Å². The molecule has 4 rings (SSSR count). The van der Waals surface area contributed by atoms with Crippen LogP contribution in [0.2, 0.25) is 0 Å². The number of nitrogens with zero attached hydrogens (tertiary/aromatic N) is 1. The number of hydrogen-bond acceptors (Lipinski definition) is 3. The molecule has 0 bridgehead atoms. The third-order valence-corrected chi connectivity index (χ3v) is 7.42. The quantitative estimate of drug-likeness (QED) is 0.572. The highest BCUT2D eigenvalue weighted by atomic mass is 32.2. The highest BCUT2D eigenvalue weighted by molar-refractivity contribution is 8.29. The third kappa shape index (κ3) is 2.88. The number of fused-ring (bicyclic) bond motifs is 1. The fourth-order valence-corrected chi connectivity index (χ4v) is 5.84. The van der Waals surface area contributed by atoms with Gasteiger partial charge >= 0.3 is 0 Å². The van der Waals surface area contributed by atoms with Gasteiger partial charge in [-0.1, -0.05) is 96.3 Å². The van der Waals surface area contributed by atoms with Crippen LogP contribution in [-0.2, 0) is 0 Å². The van der Waals surface area contributed by atoms with E-state index >= 15 is 0 Å². The Balaban J connectivity index is 1.91. The first-order chi connectivity index (χ1) is 11.7. The van der Waals surface area contributed by atoms with Gasteiger partial charge < -0.3 is 0 Å². The molecule has 1 atom stereocenters. The van der Waals surface area contributed by atoms with E-state index in [4.69, 9.17) is 0 Å². The maximum atomic E-state index is 2.29. The van der Waals surface area contributed by atoms with Gasteiger partial charge in [-0.25, -0.2) is 0 Å². The van der Waals surface area contributed by atoms with E-state index in [0.717, 1.165) is 0 Å². The Bertz CT molecular complexity index is 895. The molecule has 1 heterocycles. The fraction of sp³-hybridized carbons (Fsp3) is 0.143. The van der Waals surface area contributed by atoms with Gasteiger partial charge in [0, 0.05) is 9.81 Å². The molecule has 0 radical (unpaired) electrons. The van der Waals surface area contributed by atoms with Crippen LogP contribution in [0.5, 0.6) is 0 Å². The summed E-state index contributed by atoms with van der Waals surface area (Å²) in [5.41, 5.74) is 2.65. The van der Waals surface area contributed by atoms with E-state index in [1.807, 2.05) is 23.5 Å². The van der Waals surface area contributed by atoms with Gasteiger partial charge in [0.2, 0.25) is 0 Å². The summed E-state index contributed by atoms with van der Waals surface area (Å²) in [6.07, 6.45) is 0. The topological polar surface area (TPSA) is 3.24 Å². The second-order valence-corrected chi connectivity index (χ2v) is 8.54. The molecule has 0 saturated carbocycles. The van der Waals surface area contributed by atoms with E-state index < -0.39 is 0 Å². The van der Waals surface area contributed by atoms with Gasteiger partial charge in [0.25, 0.3) is 0 Å². The SMILES string of the molecule is CN(C)C1SC(c2ccccc2)=C(c2cccc3ccccc23)S1. The lowest BCUT2D eigenvalue weighted by Crippen LogP contribution is -2.19. The Morgan fingerprint density at radius 1 is 0.708 bits per heavy atom. The average Bonchev–Trinajstić information content (AvgIpc) is 3.07. The predicted octanol–water partition coefficient (Wildman–Crippen LogP) is 5.99. The van der Waals surface area contributed by atoms with Crippen molar-refractivity contribution in [2.75, 3.05) is 14.1 Å². The van der Waals surface area contributed by atoms with Crippen molar-refractivity contribution in [3.8, 4) is 0 Å². The van der Waals surface area contributed by atoms with Crippen LogP contribution in [0.1, 0.15) is 11.1 Å². The van der Waals surface area contributed by atoms with Crippen LogP contribution < -0.4 is 0 Å². The Morgan fingerprint density at radius 3 is 2.17 bits per heavy atom. The van der Waals surface area contributed by atoms with Gasteiger partial charge in [0.1, 0.15) is 4.71 Å². The standard InChI is InChI=1S/C21H19NS2/c1-22(2)21-23-19(16-10-4-3-5-11-16)20(24-21)18-14-8-12-15-9-6-7-13-17(15)18/h3-14,21H,1-2H3. The molecule has 1 nitrogen and oxygen atoms in total. The van der Waals surface area contributed by atoms with Crippen LogP contribution in [0.25, 0.3) is 20.6 Å². The molecule has 1 aliphatic rings. The highest BCUT2D eigenvalue weighted by Gasteiger charge is 2.29. The second-order valence-electron chi connectivity index (χ2n) is 6.06. The zero-order valence-electron chi connectivity index (χ0n) is 13.8. The van der Waals surface area contributed by atoms with Crippen molar-refractivity contribution in [2.24, 2.45) is 0 Å². The maximum absolute atomic E-state index is 2.29. The van der Waals surface area contributed by atoms with Crippen molar-refractivity contribution >= 4 is 44.1 Å². The van der Waals surface area contributed by atoms with E-state index in [0.29, 0.717) is 4.71 Å². The van der Waals surface area contributed by atoms with Crippen molar-refractivity contribution in [3.63, 3.8) is 0 Å². The van der Waals surface area contributed by atoms with Crippen molar-refractivity contribution in [2.45, 2.75) is 4.71 Å². The molecule has 1 unspecified atom stereocenters. The Kier molecular flexibility index (Phi) is 4.40. The van der Waals surface area contributed by atoms with Crippen LogP contribution in [0.4, 0.5) is 0 Å². The summed E-state index contributed by atoms with van der Waals surface area (Å²) in [7, 11) is 4.30. The Hall–Kier alpha value is -1.68. The fourth-order valence-electron chi connectivity index (χ4n) is 2.94. The summed E-state index contributed by atoms with van der Waals surface area (Å²) >= 11 is 3.91. The third-order valence-electron chi connectivity index (χ3n) is 4.14. The van der Waals surface area contributed by atoms with E-state index in [9.17, 15) is 0 Å². The number of rotatable bonds is 3. The molecular formula is C21H19NS2. The number of benzene rings is 3. The summed E-state index contributed by atoms with van der Waals surface area (Å²) in [5, 5.41) is 2.63. The number of hydrogen-bond donors (Lipinski definition) is 0. The van der Waals surface area contributed by atoms with Crippen LogP contribution >= 0.6 is 23.5 Å². The number of thioether (sulfide) groups is 2. The normalized spacial score (nSPS) is 17.9. The highest BCUT2D eigenvalue weighted by Crippen LogP contribution is 2.56. The van der Waals surface area contributed by atoms with Crippen molar-refractivity contribution in [1.29, 1.82) is 0 Å². The van der Waals surface area contributed by atoms with Crippen LogP contribution in [0, 0.1) is 0 Å². The Labute approximate surface area is 151 Å². The molecule has 0 N–H and O–H groups in total. The molecule has 0 fully saturated rings. The summed E-state index contributed by atoms with van der Waals surface area (Å²) < 4.78 is 0.411. The van der Waals surface area contributed by atoms with Gasteiger partial charge in [-0.2, -0.15) is 0 Å². The van der Waals surface area contributed by atoms with Gasteiger partial charge in [0.05, 0.1) is 0 Å². The van der Waals surface area contributed by atoms with Gasteiger partial charge in [-0.05, 0) is 36.0 Å². The van der Waals surface area contributed by atoms with Gasteiger partial charge in [0.15, 0.2) is 0 Å². The lowest BCUT2D eigenvalue weighted by Gasteiger charge is -2.17. The first-order valence-electron chi connectivity index (χ1n) is 8.01. The summed E-state index contributed by atoms with van der Waals surface area (Å²) in [5.74, 6) is 0. The molecule has 0 spiro atoms. The maximum Gasteiger partial charge on any atom is 0.111 e. The molecule has 3 heteroatoms. The summed E-state index contributed by atoms with van der Waals surface area (Å²) in [4.78, 5) is 5.06. The lowest BCUT2D eigenvalue weighted by molar-refractivity contribution is 0.462. The molecule has 1 aliphatic heterocycles. The van der Waals surface area contributed by atoms with E-state index in [-0.39, 0.29) is 0 Å². The summed E-state index contributed by atoms with van der Waals surface area (Å²) in [6.45, 7) is 0. The molecular weight excluding hydrogens is 330 g/mol. The average molecular weight is 350 g/mol. The van der Waals surface area contributed by atoms with E-state index in [2.05, 4.69) is 91.8 Å². The van der Waals surface area contributed by atoms with Gasteiger partial charge in [-0.15, -0.1) is 0 Å². The van der Waals surface area contributed by atoms with Crippen LogP contribution in [-0.4, -0.2) is 23.7 Å². The minimum atomic E-state index is 0.411. The monoisotopic (exact) mass is 349 g/mol. The second kappa shape index (κ2) is 6.67. The molecule has 3 aromatic rings. The van der Waals surface area contributed by atoms with Gasteiger partial charge in [-0.3, -0.25) is 4.90 Å². The molecule has 24 heavy (non-hydrogen) atoms. The zero-order valence-corrected chi connectivity index (χ0v) is 15.4. The minimum Gasteiger partial charge on any atom is -0.289 e. The zero-order chi connectivity index (χ0) is 16.5. The smallest absolute Gasteiger partial charge is 0.111 e. The largest absolute Gasteiger partial charge is 0.289 e. The molecule has 3 aromatic carbocycles. The van der Waals surface area contributed by atoms with Crippen molar-refractivity contribution in [3.05, 3.63) is 83.9 Å². The molecule has 0 aromatic heterocycles. The Morgan fingerprint density at radius 2 is 1.38 bits per heavy atom. The molecule has 0 aliphatic carbocycles.